The molecule has 0 atom stereocenters. The van der Waals surface area contributed by atoms with Crippen molar-refractivity contribution in [3.05, 3.63) is 23.2 Å². The van der Waals surface area contributed by atoms with Gasteiger partial charge in [-0.2, -0.15) is 0 Å². The predicted molar refractivity (Wildman–Crippen MR) is 46.2 cm³/mol. The first-order valence-corrected chi connectivity index (χ1v) is 3.40. The van der Waals surface area contributed by atoms with Crippen molar-refractivity contribution in [2.75, 3.05) is 0 Å². The van der Waals surface area contributed by atoms with Gasteiger partial charge < -0.3 is 10.3 Å². The van der Waals surface area contributed by atoms with Gasteiger partial charge in [-0.1, -0.05) is 13.8 Å². The fourth-order valence-electron chi connectivity index (χ4n) is 0.734. The van der Waals surface area contributed by atoms with Gasteiger partial charge in [0.05, 0.1) is 0 Å². The van der Waals surface area contributed by atoms with Crippen LogP contribution in [0.5, 0.6) is 6.01 Å². The molecule has 12 heavy (non-hydrogen) atoms. The minimum Gasteiger partial charge on any atom is -0.708 e. The third-order valence-corrected chi connectivity index (χ3v) is 1.40. The maximum atomic E-state index is 10.6. The fourth-order valence-corrected chi connectivity index (χ4v) is 0.734. The van der Waals surface area contributed by atoms with E-state index in [1.165, 1.54) is 6.20 Å². The number of hydrogen-bond donors (Lipinski definition) is 1. The molecule has 0 aliphatic carbocycles. The number of aromatic nitrogens is 2. The third-order valence-electron chi connectivity index (χ3n) is 1.40. The second-order valence-electron chi connectivity index (χ2n) is 2.63. The second-order valence-corrected chi connectivity index (χ2v) is 2.63. The lowest BCUT2D eigenvalue weighted by molar-refractivity contribution is -0.617. The highest BCUT2D eigenvalue weighted by Crippen LogP contribution is 2.10. The highest BCUT2D eigenvalue weighted by molar-refractivity contribution is 5.85. The summed E-state index contributed by atoms with van der Waals surface area (Å²) in [5.41, 5.74) is 0.717. The van der Waals surface area contributed by atoms with Crippen LogP contribution in [-0.4, -0.2) is 10.1 Å². The molecule has 1 aromatic heterocycles. The first-order chi connectivity index (χ1) is 5.11. The fraction of sp³-hybridized carbons (Fsp3) is 0.429. The highest BCUT2D eigenvalue weighted by atomic mass is 35.5. The van der Waals surface area contributed by atoms with Crippen molar-refractivity contribution in [2.24, 2.45) is 0 Å². The van der Waals surface area contributed by atoms with Crippen molar-refractivity contribution >= 4 is 12.4 Å². The van der Waals surface area contributed by atoms with E-state index in [0.717, 1.165) is 5.69 Å². The monoisotopic (exact) mass is 190 g/mol. The summed E-state index contributed by atoms with van der Waals surface area (Å²) in [6.45, 7) is 3.88. The van der Waals surface area contributed by atoms with E-state index in [-0.39, 0.29) is 18.3 Å². The number of aromatic hydroxyl groups is 1. The Morgan fingerprint density at radius 3 is 2.58 bits per heavy atom. The van der Waals surface area contributed by atoms with Gasteiger partial charge in [-0.25, -0.2) is 4.73 Å². The van der Waals surface area contributed by atoms with Crippen molar-refractivity contribution in [1.29, 1.82) is 0 Å². The topological polar surface area (TPSA) is 60.1 Å². The van der Waals surface area contributed by atoms with E-state index in [4.69, 9.17) is 5.11 Å². The molecule has 0 bridgehead atoms. The molecule has 0 aromatic carbocycles. The van der Waals surface area contributed by atoms with Crippen molar-refractivity contribution in [3.63, 3.8) is 0 Å². The Morgan fingerprint density at radius 2 is 2.17 bits per heavy atom. The number of rotatable bonds is 1. The van der Waals surface area contributed by atoms with Crippen LogP contribution in [0.25, 0.3) is 0 Å². The zero-order chi connectivity index (χ0) is 8.43. The van der Waals surface area contributed by atoms with E-state index in [0.29, 0.717) is 4.73 Å². The minimum absolute atomic E-state index is 0. The van der Waals surface area contributed by atoms with Gasteiger partial charge in [0.1, 0.15) is 6.20 Å². The van der Waals surface area contributed by atoms with Crippen molar-refractivity contribution < 1.29 is 9.84 Å². The van der Waals surface area contributed by atoms with Crippen LogP contribution in [0.2, 0.25) is 0 Å². The van der Waals surface area contributed by atoms with Crippen molar-refractivity contribution in [2.45, 2.75) is 19.8 Å². The molecule has 0 spiro atoms. The molecule has 0 fully saturated rings. The van der Waals surface area contributed by atoms with E-state index in [1.54, 1.807) is 6.07 Å². The van der Waals surface area contributed by atoms with E-state index in [1.807, 2.05) is 13.8 Å². The van der Waals surface area contributed by atoms with Crippen LogP contribution in [0.4, 0.5) is 0 Å². The number of hydrogen-bond acceptors (Lipinski definition) is 3. The Morgan fingerprint density at radius 1 is 1.58 bits per heavy atom. The first-order valence-electron chi connectivity index (χ1n) is 3.40. The Balaban J connectivity index is 0.00000121. The molecule has 0 unspecified atom stereocenters. The van der Waals surface area contributed by atoms with E-state index < -0.39 is 6.01 Å². The average Bonchev–Trinajstić information content (AvgIpc) is 1.94. The molecule has 1 rings (SSSR count). The Hall–Kier alpha value is -1.03. The van der Waals surface area contributed by atoms with E-state index in [2.05, 4.69) is 4.98 Å². The van der Waals surface area contributed by atoms with Gasteiger partial charge in [-0.3, -0.25) is 0 Å². The zero-order valence-electron chi connectivity index (χ0n) is 6.89. The molecule has 1 N–H and O–H groups in total. The lowest BCUT2D eigenvalue weighted by Crippen LogP contribution is -2.26. The molecule has 68 valence electrons. The highest BCUT2D eigenvalue weighted by Gasteiger charge is 2.10. The smallest absolute Gasteiger partial charge is 0.499 e. The molecule has 1 heterocycles. The molecule has 0 saturated heterocycles. The summed E-state index contributed by atoms with van der Waals surface area (Å²) in [6, 6.07) is 1.11. The first kappa shape index (κ1) is 11.0. The van der Waals surface area contributed by atoms with Gasteiger partial charge in [0.15, 0.2) is 5.69 Å². The average molecular weight is 191 g/mol. The molecule has 5 heteroatoms. The number of nitrogens with zero attached hydrogens (tertiary/aromatic N) is 2. The summed E-state index contributed by atoms with van der Waals surface area (Å²) < 4.78 is 0.325. The summed E-state index contributed by atoms with van der Waals surface area (Å²) in [5, 5.41) is 19.5. The standard InChI is InChI=1S/C7H10N2O2.ClH/c1-5(2)6-3-4-9(11)7(10)8-6;/h3-5H,1-2H3,(H,8,10);1H. The quantitative estimate of drug-likeness (QED) is 0.530. The number of halogens is 1. The summed E-state index contributed by atoms with van der Waals surface area (Å²) in [6.07, 6.45) is 1.25. The molecule has 0 aliphatic heterocycles. The van der Waals surface area contributed by atoms with E-state index >= 15 is 0 Å². The molecule has 1 aromatic rings. The van der Waals surface area contributed by atoms with Crippen LogP contribution < -0.4 is 4.73 Å². The molecule has 4 nitrogen and oxygen atoms in total. The maximum Gasteiger partial charge on any atom is 0.499 e. The molecular weight excluding hydrogens is 180 g/mol. The Bertz CT molecular complexity index is 266. The lowest BCUT2D eigenvalue weighted by Gasteiger charge is -2.02. The maximum absolute atomic E-state index is 10.6. The van der Waals surface area contributed by atoms with Gasteiger partial charge >= 0.3 is 6.01 Å². The lowest BCUT2D eigenvalue weighted by atomic mass is 10.1. The molecule has 0 saturated carbocycles. The van der Waals surface area contributed by atoms with Crippen LogP contribution in [-0.2, 0) is 0 Å². The second kappa shape index (κ2) is 4.11. The van der Waals surface area contributed by atoms with Gasteiger partial charge in [0, 0.05) is 12.0 Å². The normalized spacial score (nSPS) is 9.58. The van der Waals surface area contributed by atoms with Crippen LogP contribution in [0, 0.1) is 5.21 Å². The van der Waals surface area contributed by atoms with E-state index in [9.17, 15) is 5.21 Å². The van der Waals surface area contributed by atoms with Gasteiger partial charge in [-0.15, -0.1) is 12.4 Å². The summed E-state index contributed by atoms with van der Waals surface area (Å²) >= 11 is 0. The van der Waals surface area contributed by atoms with Crippen molar-refractivity contribution in [3.8, 4) is 6.01 Å². The predicted octanol–water partition coefficient (Wildman–Crippen LogP) is 0.966. The Kier molecular flexibility index (Phi) is 3.76. The minimum atomic E-state index is -0.490. The van der Waals surface area contributed by atoms with Crippen LogP contribution >= 0.6 is 12.4 Å². The SMILES string of the molecule is CC(C)c1cc[n+]([O-])c(O)n1.Cl. The summed E-state index contributed by atoms with van der Waals surface area (Å²) in [5.74, 6) is 0.224. The van der Waals surface area contributed by atoms with Crippen LogP contribution in [0.15, 0.2) is 12.3 Å². The molecule has 0 amide bonds. The van der Waals surface area contributed by atoms with Crippen LogP contribution in [0.1, 0.15) is 25.5 Å². The van der Waals surface area contributed by atoms with Gasteiger partial charge in [0.2, 0.25) is 0 Å². The third kappa shape index (κ3) is 2.23. The van der Waals surface area contributed by atoms with Gasteiger partial charge in [0.25, 0.3) is 0 Å². The molecular formula is C7H11ClN2O2. The van der Waals surface area contributed by atoms with Gasteiger partial charge in [-0.05, 0) is 4.98 Å². The summed E-state index contributed by atoms with van der Waals surface area (Å²) in [4.78, 5) is 3.68. The zero-order valence-corrected chi connectivity index (χ0v) is 7.71. The largest absolute Gasteiger partial charge is 0.708 e. The molecule has 0 radical (unpaired) electrons. The Labute approximate surface area is 76.9 Å². The molecule has 0 aliphatic rings. The van der Waals surface area contributed by atoms with Crippen molar-refractivity contribution in [1.82, 2.24) is 4.98 Å². The summed E-state index contributed by atoms with van der Waals surface area (Å²) in [7, 11) is 0. The van der Waals surface area contributed by atoms with Crippen LogP contribution in [0.3, 0.4) is 0 Å².